The standard InChI is InChI=1S/C14H19NO4/c1-14(2,3)19-9-12(16)15-8-10-4-6-11(7-5-10)13(17)18/h4-7H,8-9H2,1-3H3,(H,15,16)(H,17,18). The van der Waals surface area contributed by atoms with Gasteiger partial charge in [0.05, 0.1) is 11.2 Å². The molecule has 19 heavy (non-hydrogen) atoms. The second-order valence-electron chi connectivity index (χ2n) is 5.18. The Labute approximate surface area is 112 Å². The van der Waals surface area contributed by atoms with Crippen LogP contribution in [0.5, 0.6) is 0 Å². The highest BCUT2D eigenvalue weighted by Gasteiger charge is 2.12. The van der Waals surface area contributed by atoms with Crippen molar-refractivity contribution in [2.75, 3.05) is 6.61 Å². The minimum atomic E-state index is -0.964. The first-order valence-electron chi connectivity index (χ1n) is 6.01. The van der Waals surface area contributed by atoms with Crippen LogP contribution in [-0.4, -0.2) is 29.2 Å². The zero-order valence-electron chi connectivity index (χ0n) is 11.4. The fourth-order valence-corrected chi connectivity index (χ4v) is 1.30. The van der Waals surface area contributed by atoms with E-state index in [9.17, 15) is 9.59 Å². The first kappa shape index (κ1) is 15.2. The predicted octanol–water partition coefficient (Wildman–Crippen LogP) is 1.82. The Bertz CT molecular complexity index is 446. The van der Waals surface area contributed by atoms with Crippen molar-refractivity contribution in [3.8, 4) is 0 Å². The Morgan fingerprint density at radius 3 is 2.26 bits per heavy atom. The number of carbonyl (C=O) groups is 2. The first-order valence-corrected chi connectivity index (χ1v) is 6.01. The SMILES string of the molecule is CC(C)(C)OCC(=O)NCc1ccc(C(=O)O)cc1. The van der Waals surface area contributed by atoms with Crippen molar-refractivity contribution in [1.29, 1.82) is 0 Å². The summed E-state index contributed by atoms with van der Waals surface area (Å²) in [5.74, 6) is -1.16. The van der Waals surface area contributed by atoms with Crippen molar-refractivity contribution in [2.24, 2.45) is 0 Å². The quantitative estimate of drug-likeness (QED) is 0.851. The Kier molecular flexibility index (Phi) is 5.06. The molecule has 0 aliphatic carbocycles. The van der Waals surface area contributed by atoms with Gasteiger partial charge in [0.2, 0.25) is 5.91 Å². The molecule has 1 amide bonds. The van der Waals surface area contributed by atoms with Gasteiger partial charge in [0.15, 0.2) is 0 Å². The molecule has 1 aromatic carbocycles. The number of carbonyl (C=O) groups excluding carboxylic acids is 1. The van der Waals surface area contributed by atoms with Gasteiger partial charge >= 0.3 is 5.97 Å². The van der Waals surface area contributed by atoms with Crippen LogP contribution >= 0.6 is 0 Å². The molecule has 0 spiro atoms. The van der Waals surface area contributed by atoms with Crippen LogP contribution < -0.4 is 5.32 Å². The van der Waals surface area contributed by atoms with Gasteiger partial charge in [0.1, 0.15) is 6.61 Å². The van der Waals surface area contributed by atoms with E-state index in [4.69, 9.17) is 9.84 Å². The molecule has 0 atom stereocenters. The fraction of sp³-hybridized carbons (Fsp3) is 0.429. The van der Waals surface area contributed by atoms with E-state index in [1.807, 2.05) is 20.8 Å². The summed E-state index contributed by atoms with van der Waals surface area (Å²) >= 11 is 0. The van der Waals surface area contributed by atoms with Gasteiger partial charge in [0, 0.05) is 6.54 Å². The zero-order chi connectivity index (χ0) is 14.5. The minimum absolute atomic E-state index is 0.0106. The lowest BCUT2D eigenvalue weighted by molar-refractivity contribution is -0.130. The molecule has 1 rings (SSSR count). The van der Waals surface area contributed by atoms with Gasteiger partial charge in [-0.1, -0.05) is 12.1 Å². The molecule has 5 nitrogen and oxygen atoms in total. The lowest BCUT2D eigenvalue weighted by Crippen LogP contribution is -2.31. The van der Waals surface area contributed by atoms with Gasteiger partial charge in [-0.25, -0.2) is 4.79 Å². The molecular weight excluding hydrogens is 246 g/mol. The number of carboxylic acid groups (broad SMARTS) is 1. The molecule has 104 valence electrons. The van der Waals surface area contributed by atoms with E-state index in [0.717, 1.165) is 5.56 Å². The number of rotatable bonds is 5. The minimum Gasteiger partial charge on any atom is -0.478 e. The maximum absolute atomic E-state index is 11.5. The van der Waals surface area contributed by atoms with Gasteiger partial charge < -0.3 is 15.2 Å². The number of hydrogen-bond acceptors (Lipinski definition) is 3. The first-order chi connectivity index (χ1) is 8.78. The number of carboxylic acids is 1. The largest absolute Gasteiger partial charge is 0.478 e. The molecule has 0 radical (unpaired) electrons. The highest BCUT2D eigenvalue weighted by Crippen LogP contribution is 2.06. The average molecular weight is 265 g/mol. The number of amides is 1. The molecule has 0 heterocycles. The number of aromatic carboxylic acids is 1. The van der Waals surface area contributed by atoms with Crippen LogP contribution in [0.3, 0.4) is 0 Å². The Hall–Kier alpha value is -1.88. The topological polar surface area (TPSA) is 75.6 Å². The lowest BCUT2D eigenvalue weighted by Gasteiger charge is -2.18. The van der Waals surface area contributed by atoms with Crippen LogP contribution in [0.1, 0.15) is 36.7 Å². The maximum Gasteiger partial charge on any atom is 0.335 e. The van der Waals surface area contributed by atoms with E-state index >= 15 is 0 Å². The highest BCUT2D eigenvalue weighted by atomic mass is 16.5. The van der Waals surface area contributed by atoms with Gasteiger partial charge in [-0.2, -0.15) is 0 Å². The van der Waals surface area contributed by atoms with E-state index in [1.165, 1.54) is 12.1 Å². The van der Waals surface area contributed by atoms with E-state index in [1.54, 1.807) is 12.1 Å². The lowest BCUT2D eigenvalue weighted by atomic mass is 10.1. The second-order valence-corrected chi connectivity index (χ2v) is 5.18. The zero-order valence-corrected chi connectivity index (χ0v) is 11.4. The summed E-state index contributed by atoms with van der Waals surface area (Å²) in [5, 5.41) is 11.5. The molecule has 0 saturated carbocycles. The number of benzene rings is 1. The Morgan fingerprint density at radius 1 is 1.21 bits per heavy atom. The Balaban J connectivity index is 2.40. The summed E-state index contributed by atoms with van der Waals surface area (Å²) in [6.45, 7) is 6.00. The van der Waals surface area contributed by atoms with Crippen molar-refractivity contribution in [3.05, 3.63) is 35.4 Å². The van der Waals surface area contributed by atoms with E-state index in [0.29, 0.717) is 6.54 Å². The summed E-state index contributed by atoms with van der Waals surface area (Å²) < 4.78 is 5.34. The molecule has 0 aliphatic rings. The highest BCUT2D eigenvalue weighted by molar-refractivity contribution is 5.87. The molecule has 0 fully saturated rings. The van der Waals surface area contributed by atoms with E-state index in [-0.39, 0.29) is 23.7 Å². The molecule has 0 aromatic heterocycles. The third kappa shape index (κ3) is 6.01. The molecule has 0 unspecified atom stereocenters. The van der Waals surface area contributed by atoms with E-state index < -0.39 is 5.97 Å². The van der Waals surface area contributed by atoms with Crippen molar-refractivity contribution >= 4 is 11.9 Å². The number of hydrogen-bond donors (Lipinski definition) is 2. The summed E-state index contributed by atoms with van der Waals surface area (Å²) in [7, 11) is 0. The molecule has 2 N–H and O–H groups in total. The van der Waals surface area contributed by atoms with Crippen LogP contribution in [0, 0.1) is 0 Å². The van der Waals surface area contributed by atoms with Crippen molar-refractivity contribution in [2.45, 2.75) is 32.9 Å². The normalized spacial score (nSPS) is 11.1. The predicted molar refractivity (Wildman–Crippen MR) is 71.0 cm³/mol. The van der Waals surface area contributed by atoms with Gasteiger partial charge in [-0.05, 0) is 38.5 Å². The molecule has 0 bridgehead atoms. The monoisotopic (exact) mass is 265 g/mol. The number of nitrogens with one attached hydrogen (secondary N) is 1. The van der Waals surface area contributed by atoms with Crippen molar-refractivity contribution in [1.82, 2.24) is 5.32 Å². The van der Waals surface area contributed by atoms with Crippen LogP contribution in [-0.2, 0) is 16.1 Å². The van der Waals surface area contributed by atoms with Gasteiger partial charge in [0.25, 0.3) is 0 Å². The summed E-state index contributed by atoms with van der Waals surface area (Å²) in [4.78, 5) is 22.2. The number of ether oxygens (including phenoxy) is 1. The van der Waals surface area contributed by atoms with Crippen LogP contribution in [0.25, 0.3) is 0 Å². The Morgan fingerprint density at radius 2 is 1.79 bits per heavy atom. The van der Waals surface area contributed by atoms with Crippen molar-refractivity contribution in [3.63, 3.8) is 0 Å². The van der Waals surface area contributed by atoms with Gasteiger partial charge in [-0.15, -0.1) is 0 Å². The molecule has 1 aromatic rings. The third-order valence-corrected chi connectivity index (χ3v) is 2.33. The third-order valence-electron chi connectivity index (χ3n) is 2.33. The molecular formula is C14H19NO4. The molecule has 0 saturated heterocycles. The smallest absolute Gasteiger partial charge is 0.335 e. The second kappa shape index (κ2) is 6.33. The molecule has 0 aliphatic heterocycles. The van der Waals surface area contributed by atoms with Gasteiger partial charge in [-0.3, -0.25) is 4.79 Å². The summed E-state index contributed by atoms with van der Waals surface area (Å²) in [6.07, 6.45) is 0. The van der Waals surface area contributed by atoms with Crippen LogP contribution in [0.15, 0.2) is 24.3 Å². The molecule has 5 heteroatoms. The average Bonchev–Trinajstić information content (AvgIpc) is 2.33. The van der Waals surface area contributed by atoms with Crippen LogP contribution in [0.2, 0.25) is 0 Å². The van der Waals surface area contributed by atoms with E-state index in [2.05, 4.69) is 5.32 Å². The van der Waals surface area contributed by atoms with Crippen molar-refractivity contribution < 1.29 is 19.4 Å². The fourth-order valence-electron chi connectivity index (χ4n) is 1.30. The summed E-state index contributed by atoms with van der Waals surface area (Å²) in [6, 6.07) is 6.37. The summed E-state index contributed by atoms with van der Waals surface area (Å²) in [5.41, 5.74) is 0.723. The maximum atomic E-state index is 11.5. The van der Waals surface area contributed by atoms with Crippen LogP contribution in [0.4, 0.5) is 0 Å².